The van der Waals surface area contributed by atoms with Gasteiger partial charge in [0.2, 0.25) is 0 Å². The first-order valence-corrected chi connectivity index (χ1v) is 2.85. The van der Waals surface area contributed by atoms with Crippen molar-refractivity contribution < 1.29 is 0 Å². The Morgan fingerprint density at radius 3 is 2.89 bits per heavy atom. The smallest absolute Gasteiger partial charge is 0.0787 e. The molecule has 0 aromatic heterocycles. The molecule has 0 saturated carbocycles. The molecule has 1 aliphatic heterocycles. The second-order valence-electron chi connectivity index (χ2n) is 1.59. The van der Waals surface area contributed by atoms with E-state index in [0.717, 1.165) is 0 Å². The van der Waals surface area contributed by atoms with Crippen LogP contribution in [0.2, 0.25) is 0 Å². The SMILES string of the molecule is C1=C\C=C\N=NC/C=C/1. The van der Waals surface area contributed by atoms with E-state index in [1.54, 1.807) is 6.20 Å². The predicted octanol–water partition coefficient (Wildman–Crippen LogP) is 2.08. The van der Waals surface area contributed by atoms with Crippen LogP contribution in [-0.4, -0.2) is 6.54 Å². The summed E-state index contributed by atoms with van der Waals surface area (Å²) < 4.78 is 0. The fourth-order valence-electron chi connectivity index (χ4n) is 0.497. The van der Waals surface area contributed by atoms with Gasteiger partial charge in [-0.2, -0.15) is 10.2 Å². The van der Waals surface area contributed by atoms with Crippen molar-refractivity contribution in [3.8, 4) is 0 Å². The largest absolute Gasteiger partial charge is 0.185 e. The molecule has 0 aliphatic carbocycles. The first-order chi connectivity index (χ1) is 4.50. The Morgan fingerprint density at radius 1 is 1.00 bits per heavy atom. The topological polar surface area (TPSA) is 24.7 Å². The summed E-state index contributed by atoms with van der Waals surface area (Å²) >= 11 is 0. The Labute approximate surface area is 54.3 Å². The highest BCUT2D eigenvalue weighted by Crippen LogP contribution is 1.87. The third-order valence-corrected chi connectivity index (χ3v) is 0.891. The molecule has 0 bridgehead atoms. The van der Waals surface area contributed by atoms with Gasteiger partial charge in [-0.3, -0.25) is 0 Å². The van der Waals surface area contributed by atoms with Gasteiger partial charge in [-0.15, -0.1) is 0 Å². The van der Waals surface area contributed by atoms with Gasteiger partial charge >= 0.3 is 0 Å². The maximum atomic E-state index is 3.80. The van der Waals surface area contributed by atoms with E-state index < -0.39 is 0 Å². The summed E-state index contributed by atoms with van der Waals surface area (Å²) in [5.74, 6) is 0. The number of rotatable bonds is 0. The maximum absolute atomic E-state index is 3.80. The van der Waals surface area contributed by atoms with Crippen molar-refractivity contribution in [2.75, 3.05) is 6.54 Å². The maximum Gasteiger partial charge on any atom is 0.0787 e. The van der Waals surface area contributed by atoms with Crippen LogP contribution >= 0.6 is 0 Å². The molecule has 0 N–H and O–H groups in total. The van der Waals surface area contributed by atoms with Crippen LogP contribution < -0.4 is 0 Å². The van der Waals surface area contributed by atoms with Gasteiger partial charge in [0, 0.05) is 6.20 Å². The Kier molecular flexibility index (Phi) is 2.50. The van der Waals surface area contributed by atoms with Crippen molar-refractivity contribution in [1.29, 1.82) is 0 Å². The first kappa shape index (κ1) is 5.95. The number of nitrogens with zero attached hydrogens (tertiary/aromatic N) is 2. The highest BCUT2D eigenvalue weighted by Gasteiger charge is 1.71. The lowest BCUT2D eigenvalue weighted by Gasteiger charge is -1.74. The lowest BCUT2D eigenvalue weighted by Crippen LogP contribution is -1.64. The molecule has 0 fully saturated rings. The van der Waals surface area contributed by atoms with Crippen LogP contribution in [0, 0.1) is 0 Å². The number of hydrogen-bond donors (Lipinski definition) is 0. The zero-order valence-corrected chi connectivity index (χ0v) is 5.07. The molecule has 9 heavy (non-hydrogen) atoms. The Bertz CT molecular complexity index is 155. The van der Waals surface area contributed by atoms with Gasteiger partial charge < -0.3 is 0 Å². The molecule has 1 aliphatic rings. The molecule has 2 heteroatoms. The van der Waals surface area contributed by atoms with Crippen LogP contribution in [0.1, 0.15) is 0 Å². The highest BCUT2D eigenvalue weighted by atomic mass is 15.1. The zero-order chi connectivity index (χ0) is 6.36. The summed E-state index contributed by atoms with van der Waals surface area (Å²) in [6, 6.07) is 0. The summed E-state index contributed by atoms with van der Waals surface area (Å²) in [5, 5.41) is 7.54. The van der Waals surface area contributed by atoms with Gasteiger partial charge in [-0.05, 0) is 6.08 Å². The van der Waals surface area contributed by atoms with E-state index in [-0.39, 0.29) is 0 Å². The monoisotopic (exact) mass is 120 g/mol. The molecule has 46 valence electrons. The van der Waals surface area contributed by atoms with E-state index >= 15 is 0 Å². The van der Waals surface area contributed by atoms with Gasteiger partial charge in [-0.1, -0.05) is 24.3 Å². The van der Waals surface area contributed by atoms with Crippen molar-refractivity contribution in [2.24, 2.45) is 10.2 Å². The molecule has 0 unspecified atom stereocenters. The zero-order valence-electron chi connectivity index (χ0n) is 5.07. The number of azo groups is 1. The Balaban J connectivity index is 2.60. The molecule has 0 spiro atoms. The molecule has 1 rings (SSSR count). The van der Waals surface area contributed by atoms with Crippen LogP contribution in [0.5, 0.6) is 0 Å². The molecule has 0 radical (unpaired) electrons. The molecular formula is C7H8N2. The predicted molar refractivity (Wildman–Crippen MR) is 37.1 cm³/mol. The van der Waals surface area contributed by atoms with Gasteiger partial charge in [-0.25, -0.2) is 0 Å². The molecule has 1 heterocycles. The summed E-state index contributed by atoms with van der Waals surface area (Å²) in [4.78, 5) is 0. The second-order valence-corrected chi connectivity index (χ2v) is 1.59. The van der Waals surface area contributed by atoms with E-state index in [0.29, 0.717) is 6.54 Å². The van der Waals surface area contributed by atoms with Gasteiger partial charge in [0.25, 0.3) is 0 Å². The quantitative estimate of drug-likeness (QED) is 0.467. The van der Waals surface area contributed by atoms with Gasteiger partial charge in [0.05, 0.1) is 6.54 Å². The lowest BCUT2D eigenvalue weighted by molar-refractivity contribution is 1.07. The fraction of sp³-hybridized carbons (Fsp3) is 0.143. The summed E-state index contributed by atoms with van der Waals surface area (Å²) in [6.07, 6.45) is 11.3. The molecule has 0 aromatic carbocycles. The van der Waals surface area contributed by atoms with E-state index in [4.69, 9.17) is 0 Å². The van der Waals surface area contributed by atoms with Crippen molar-refractivity contribution >= 4 is 0 Å². The third kappa shape index (κ3) is 2.59. The minimum atomic E-state index is 0.675. The first-order valence-electron chi connectivity index (χ1n) is 2.85. The summed E-state index contributed by atoms with van der Waals surface area (Å²) in [5.41, 5.74) is 0. The molecule has 0 amide bonds. The molecule has 0 saturated heterocycles. The van der Waals surface area contributed by atoms with Crippen molar-refractivity contribution in [3.05, 3.63) is 36.6 Å². The van der Waals surface area contributed by atoms with Crippen LogP contribution in [0.15, 0.2) is 46.8 Å². The standard InChI is InChI=1S/C7H8N2/c1-2-4-6-8-9-7-5-3-1/h1-6H,7H2/b2-1-,5-3+,6-4+,9-8?. The average Bonchev–Trinajstić information content (AvgIpc) is 2.00. The van der Waals surface area contributed by atoms with Crippen LogP contribution in [0.3, 0.4) is 0 Å². The molecule has 2 nitrogen and oxygen atoms in total. The van der Waals surface area contributed by atoms with E-state index in [9.17, 15) is 0 Å². The van der Waals surface area contributed by atoms with Crippen molar-refractivity contribution in [3.63, 3.8) is 0 Å². The van der Waals surface area contributed by atoms with E-state index in [1.165, 1.54) is 0 Å². The number of allylic oxidation sites excluding steroid dienone is 4. The molecule has 0 aromatic rings. The summed E-state index contributed by atoms with van der Waals surface area (Å²) in [6.45, 7) is 0.675. The van der Waals surface area contributed by atoms with Crippen molar-refractivity contribution in [1.82, 2.24) is 0 Å². The van der Waals surface area contributed by atoms with Crippen molar-refractivity contribution in [2.45, 2.75) is 0 Å². The Hall–Kier alpha value is -1.18. The second kappa shape index (κ2) is 3.78. The summed E-state index contributed by atoms with van der Waals surface area (Å²) in [7, 11) is 0. The van der Waals surface area contributed by atoms with E-state index in [2.05, 4.69) is 10.2 Å². The average molecular weight is 120 g/mol. The number of hydrogen-bond acceptors (Lipinski definition) is 2. The van der Waals surface area contributed by atoms with Gasteiger partial charge in [0.15, 0.2) is 0 Å². The van der Waals surface area contributed by atoms with E-state index in [1.807, 2.05) is 30.4 Å². The Morgan fingerprint density at radius 2 is 1.89 bits per heavy atom. The van der Waals surface area contributed by atoms with Crippen LogP contribution in [0.25, 0.3) is 0 Å². The fourth-order valence-corrected chi connectivity index (χ4v) is 0.497. The molecular weight excluding hydrogens is 112 g/mol. The van der Waals surface area contributed by atoms with Crippen LogP contribution in [0.4, 0.5) is 0 Å². The minimum Gasteiger partial charge on any atom is -0.185 e. The minimum absolute atomic E-state index is 0.675. The highest BCUT2D eigenvalue weighted by molar-refractivity contribution is 5.11. The lowest BCUT2D eigenvalue weighted by atomic mass is 10.4. The normalized spacial score (nSPS) is 27.6. The van der Waals surface area contributed by atoms with Gasteiger partial charge in [0.1, 0.15) is 0 Å². The third-order valence-electron chi connectivity index (χ3n) is 0.891. The molecule has 0 atom stereocenters. The van der Waals surface area contributed by atoms with Crippen LogP contribution in [-0.2, 0) is 0 Å².